The number of hydrogen-bond donors (Lipinski definition) is 0. The number of benzene rings is 2. The summed E-state index contributed by atoms with van der Waals surface area (Å²) in [5.41, 5.74) is 1.73. The summed E-state index contributed by atoms with van der Waals surface area (Å²) < 4.78 is 8.82. The Morgan fingerprint density at radius 1 is 1.22 bits per heavy atom. The van der Waals surface area contributed by atoms with Gasteiger partial charge in [-0.25, -0.2) is 0 Å². The molecule has 0 spiro atoms. The van der Waals surface area contributed by atoms with Gasteiger partial charge in [0.25, 0.3) is 5.91 Å². The number of aryl methyl sites for hydroxylation is 1. The van der Waals surface area contributed by atoms with Crippen LogP contribution in [0, 0.1) is 0 Å². The van der Waals surface area contributed by atoms with Crippen LogP contribution in [0.2, 0.25) is 0 Å². The van der Waals surface area contributed by atoms with Gasteiger partial charge in [-0.2, -0.15) is 16.8 Å². The van der Waals surface area contributed by atoms with E-state index < -0.39 is 0 Å². The number of thioether (sulfide) groups is 2. The highest BCUT2D eigenvalue weighted by molar-refractivity contribution is 7.98. The van der Waals surface area contributed by atoms with E-state index in [9.17, 15) is 4.79 Å². The van der Waals surface area contributed by atoms with Crippen LogP contribution in [0.25, 0.3) is 10.2 Å². The minimum Gasteiger partial charge on any atom is -0.494 e. The minimum atomic E-state index is -0.200. The lowest BCUT2D eigenvalue weighted by molar-refractivity contribution is 0.0995. The summed E-state index contributed by atoms with van der Waals surface area (Å²) in [6.45, 7) is 3.41. The number of fused-ring (bicyclic) bond motifs is 1. The fraction of sp³-hybridized carbons (Fsp3) is 0.300. The van der Waals surface area contributed by atoms with Crippen molar-refractivity contribution in [1.82, 2.24) is 4.57 Å². The SMILES string of the molecule is CCOc1ccc2c(c1)sc(=NC(=O)c1ccccc1SC)n2CCSC. The fourth-order valence-corrected chi connectivity index (χ4v) is 4.80. The molecule has 0 aliphatic carbocycles. The van der Waals surface area contributed by atoms with E-state index in [-0.39, 0.29) is 5.91 Å². The first kappa shape index (κ1) is 20.0. The van der Waals surface area contributed by atoms with Gasteiger partial charge in [0.1, 0.15) is 5.75 Å². The highest BCUT2D eigenvalue weighted by atomic mass is 32.2. The largest absolute Gasteiger partial charge is 0.494 e. The fourth-order valence-electron chi connectivity index (χ4n) is 2.76. The first-order valence-corrected chi connectivity index (χ1v) is 12.1. The van der Waals surface area contributed by atoms with Gasteiger partial charge in [-0.1, -0.05) is 23.5 Å². The van der Waals surface area contributed by atoms with E-state index >= 15 is 0 Å². The second-order valence-electron chi connectivity index (χ2n) is 5.71. The number of aromatic nitrogens is 1. The second kappa shape index (κ2) is 9.48. The third kappa shape index (κ3) is 4.59. The number of rotatable bonds is 7. The molecule has 2 aromatic carbocycles. The van der Waals surface area contributed by atoms with Crippen LogP contribution in [-0.4, -0.2) is 35.3 Å². The molecular formula is C20H22N2O2S3. The Morgan fingerprint density at radius 3 is 2.78 bits per heavy atom. The van der Waals surface area contributed by atoms with Crippen molar-refractivity contribution in [2.45, 2.75) is 18.4 Å². The Balaban J connectivity index is 2.10. The molecule has 0 aliphatic rings. The van der Waals surface area contributed by atoms with Crippen LogP contribution in [0.5, 0.6) is 5.75 Å². The van der Waals surface area contributed by atoms with Crippen molar-refractivity contribution in [2.24, 2.45) is 4.99 Å². The monoisotopic (exact) mass is 418 g/mol. The molecule has 0 radical (unpaired) electrons. The number of ether oxygens (including phenoxy) is 1. The number of carbonyl (C=O) groups is 1. The topological polar surface area (TPSA) is 43.6 Å². The van der Waals surface area contributed by atoms with E-state index in [2.05, 4.69) is 21.9 Å². The van der Waals surface area contributed by atoms with Gasteiger partial charge in [-0.3, -0.25) is 4.79 Å². The Morgan fingerprint density at radius 2 is 2.04 bits per heavy atom. The molecule has 3 rings (SSSR count). The summed E-state index contributed by atoms with van der Waals surface area (Å²) in [6.07, 6.45) is 4.05. The van der Waals surface area contributed by atoms with E-state index in [1.54, 1.807) is 23.5 Å². The predicted octanol–water partition coefficient (Wildman–Crippen LogP) is 4.93. The third-order valence-corrected chi connectivity index (χ3v) is 6.45. The van der Waals surface area contributed by atoms with Crippen molar-refractivity contribution in [2.75, 3.05) is 24.9 Å². The predicted molar refractivity (Wildman–Crippen MR) is 117 cm³/mol. The van der Waals surface area contributed by atoms with Crippen molar-refractivity contribution < 1.29 is 9.53 Å². The summed E-state index contributed by atoms with van der Waals surface area (Å²) in [5.74, 6) is 1.60. The summed E-state index contributed by atoms with van der Waals surface area (Å²) in [7, 11) is 0. The van der Waals surface area contributed by atoms with Gasteiger partial charge in [0, 0.05) is 17.2 Å². The lowest BCUT2D eigenvalue weighted by atomic mass is 10.2. The number of nitrogens with zero attached hydrogens (tertiary/aromatic N) is 2. The maximum atomic E-state index is 12.8. The average molecular weight is 419 g/mol. The van der Waals surface area contributed by atoms with Crippen molar-refractivity contribution in [3.63, 3.8) is 0 Å². The lowest BCUT2D eigenvalue weighted by Gasteiger charge is -2.06. The number of amides is 1. The Bertz CT molecular complexity index is 1010. The molecule has 3 aromatic rings. The minimum absolute atomic E-state index is 0.200. The molecule has 1 amide bonds. The molecular weight excluding hydrogens is 396 g/mol. The van der Waals surface area contributed by atoms with Gasteiger partial charge in [-0.05, 0) is 49.8 Å². The Hall–Kier alpha value is -1.70. The quantitative estimate of drug-likeness (QED) is 0.511. The maximum Gasteiger partial charge on any atom is 0.280 e. The number of hydrogen-bond acceptors (Lipinski definition) is 5. The first-order chi connectivity index (χ1) is 13.2. The zero-order valence-electron chi connectivity index (χ0n) is 15.6. The van der Waals surface area contributed by atoms with Gasteiger partial charge in [0.05, 0.1) is 22.4 Å². The molecule has 0 bridgehead atoms. The maximum absolute atomic E-state index is 12.8. The van der Waals surface area contributed by atoms with Crippen LogP contribution in [0.4, 0.5) is 0 Å². The zero-order valence-corrected chi connectivity index (χ0v) is 18.0. The zero-order chi connectivity index (χ0) is 19.2. The van der Waals surface area contributed by atoms with Crippen LogP contribution in [0.3, 0.4) is 0 Å². The molecule has 0 aliphatic heterocycles. The van der Waals surface area contributed by atoms with Gasteiger partial charge in [0.15, 0.2) is 4.80 Å². The third-order valence-electron chi connectivity index (χ3n) is 4.02. The standard InChI is InChI=1S/C20H22N2O2S3/c1-4-24-14-9-10-16-18(13-14)27-20(22(16)11-12-25-2)21-19(23)15-7-5-6-8-17(15)26-3/h5-10,13H,4,11-12H2,1-3H3. The molecule has 0 unspecified atom stereocenters. The smallest absolute Gasteiger partial charge is 0.280 e. The van der Waals surface area contributed by atoms with Gasteiger partial charge < -0.3 is 9.30 Å². The first-order valence-electron chi connectivity index (χ1n) is 8.65. The molecule has 0 atom stereocenters. The van der Waals surface area contributed by atoms with Crippen molar-refractivity contribution in [3.05, 3.63) is 52.8 Å². The lowest BCUT2D eigenvalue weighted by Crippen LogP contribution is -2.18. The van der Waals surface area contributed by atoms with E-state index in [4.69, 9.17) is 4.74 Å². The molecule has 1 heterocycles. The molecule has 1 aromatic heterocycles. The van der Waals surface area contributed by atoms with Crippen molar-refractivity contribution >= 4 is 51.0 Å². The molecule has 7 heteroatoms. The Labute approximate surface area is 171 Å². The summed E-state index contributed by atoms with van der Waals surface area (Å²) in [4.78, 5) is 19.0. The van der Waals surface area contributed by atoms with Crippen LogP contribution in [0.15, 0.2) is 52.4 Å². The molecule has 0 N–H and O–H groups in total. The Kier molecular flexibility index (Phi) is 7.04. The molecule has 27 heavy (non-hydrogen) atoms. The molecule has 142 valence electrons. The van der Waals surface area contributed by atoms with Crippen LogP contribution >= 0.6 is 34.9 Å². The number of carbonyl (C=O) groups excluding carboxylic acids is 1. The van der Waals surface area contributed by atoms with E-state index in [0.717, 1.165) is 38.0 Å². The highest BCUT2D eigenvalue weighted by Gasteiger charge is 2.12. The molecule has 0 saturated heterocycles. The molecule has 4 nitrogen and oxygen atoms in total. The van der Waals surface area contributed by atoms with E-state index in [1.807, 2.05) is 49.6 Å². The number of thiazole rings is 1. The average Bonchev–Trinajstić information content (AvgIpc) is 3.02. The van der Waals surface area contributed by atoms with Gasteiger partial charge >= 0.3 is 0 Å². The highest BCUT2D eigenvalue weighted by Crippen LogP contribution is 2.24. The molecule has 0 fully saturated rings. The van der Waals surface area contributed by atoms with Crippen LogP contribution in [0.1, 0.15) is 17.3 Å². The summed E-state index contributed by atoms with van der Waals surface area (Å²) >= 11 is 4.87. The van der Waals surface area contributed by atoms with Crippen molar-refractivity contribution in [1.29, 1.82) is 0 Å². The second-order valence-corrected chi connectivity index (χ2v) is 8.55. The van der Waals surface area contributed by atoms with E-state index in [1.165, 1.54) is 11.3 Å². The summed E-state index contributed by atoms with van der Waals surface area (Å²) in [5, 5.41) is 0. The van der Waals surface area contributed by atoms with E-state index in [0.29, 0.717) is 12.2 Å². The van der Waals surface area contributed by atoms with Crippen molar-refractivity contribution in [3.8, 4) is 5.75 Å². The van der Waals surface area contributed by atoms with Crippen LogP contribution < -0.4 is 9.54 Å². The van der Waals surface area contributed by atoms with Crippen LogP contribution in [-0.2, 0) is 6.54 Å². The van der Waals surface area contributed by atoms with Gasteiger partial charge in [-0.15, -0.1) is 11.8 Å². The van der Waals surface area contributed by atoms with Gasteiger partial charge in [0.2, 0.25) is 0 Å². The summed E-state index contributed by atoms with van der Waals surface area (Å²) in [6, 6.07) is 13.7. The molecule has 0 saturated carbocycles. The normalized spacial score (nSPS) is 11.9.